The van der Waals surface area contributed by atoms with Gasteiger partial charge in [-0.3, -0.25) is 9.59 Å². The van der Waals surface area contributed by atoms with Gasteiger partial charge in [-0.25, -0.2) is 4.79 Å². The standard InChI is InChI=1S/C20H22N2O5/c1-4-22(12-14(2)3)18(23)13-27-20(25)15-8-5-6-9-16(15)21-19(24)17-10-7-11-26-17/h5-11H,2,4,12-13H2,1,3H3,(H,21,24). The van der Waals surface area contributed by atoms with E-state index in [0.29, 0.717) is 13.1 Å². The maximum absolute atomic E-state index is 12.4. The summed E-state index contributed by atoms with van der Waals surface area (Å²) in [5.74, 6) is -1.39. The third-order valence-electron chi connectivity index (χ3n) is 3.66. The number of rotatable bonds is 8. The first-order valence-electron chi connectivity index (χ1n) is 8.45. The molecule has 27 heavy (non-hydrogen) atoms. The van der Waals surface area contributed by atoms with Crippen molar-refractivity contribution < 1.29 is 23.5 Å². The van der Waals surface area contributed by atoms with Gasteiger partial charge in [0.2, 0.25) is 0 Å². The van der Waals surface area contributed by atoms with Gasteiger partial charge >= 0.3 is 5.97 Å². The Morgan fingerprint density at radius 2 is 1.93 bits per heavy atom. The number of anilines is 1. The zero-order chi connectivity index (χ0) is 19.8. The molecule has 0 fully saturated rings. The summed E-state index contributed by atoms with van der Waals surface area (Å²) in [6, 6.07) is 9.49. The monoisotopic (exact) mass is 370 g/mol. The van der Waals surface area contributed by atoms with Crippen LogP contribution in [-0.4, -0.2) is 42.4 Å². The van der Waals surface area contributed by atoms with Gasteiger partial charge in [0, 0.05) is 13.1 Å². The summed E-state index contributed by atoms with van der Waals surface area (Å²) in [4.78, 5) is 38.2. The smallest absolute Gasteiger partial charge is 0.340 e. The lowest BCUT2D eigenvalue weighted by Crippen LogP contribution is -2.35. The number of carbonyl (C=O) groups is 3. The molecule has 0 saturated carbocycles. The lowest BCUT2D eigenvalue weighted by Gasteiger charge is -2.20. The molecule has 0 spiro atoms. The summed E-state index contributed by atoms with van der Waals surface area (Å²) in [5, 5.41) is 2.60. The first kappa shape index (κ1) is 20.0. The highest BCUT2D eigenvalue weighted by Crippen LogP contribution is 2.17. The van der Waals surface area contributed by atoms with Crippen molar-refractivity contribution in [3.8, 4) is 0 Å². The number of esters is 1. The maximum Gasteiger partial charge on any atom is 0.340 e. The van der Waals surface area contributed by atoms with Gasteiger partial charge in [0.25, 0.3) is 11.8 Å². The number of nitrogens with zero attached hydrogens (tertiary/aromatic N) is 1. The van der Waals surface area contributed by atoms with Gasteiger partial charge in [0.1, 0.15) is 0 Å². The molecule has 0 saturated heterocycles. The largest absolute Gasteiger partial charge is 0.459 e. The second kappa shape index (κ2) is 9.38. The Labute approximate surface area is 157 Å². The second-order valence-corrected chi connectivity index (χ2v) is 5.92. The van der Waals surface area contributed by atoms with E-state index in [1.165, 1.54) is 18.4 Å². The Morgan fingerprint density at radius 1 is 1.19 bits per heavy atom. The van der Waals surface area contributed by atoms with Gasteiger partial charge in [0.05, 0.1) is 17.5 Å². The van der Waals surface area contributed by atoms with E-state index in [2.05, 4.69) is 11.9 Å². The predicted molar refractivity (Wildman–Crippen MR) is 100 cm³/mol. The van der Waals surface area contributed by atoms with Crippen molar-refractivity contribution in [2.75, 3.05) is 25.0 Å². The average molecular weight is 370 g/mol. The highest BCUT2D eigenvalue weighted by Gasteiger charge is 2.19. The number of carbonyl (C=O) groups excluding carboxylic acids is 3. The second-order valence-electron chi connectivity index (χ2n) is 5.92. The van der Waals surface area contributed by atoms with Crippen LogP contribution in [0.25, 0.3) is 0 Å². The molecule has 7 heteroatoms. The van der Waals surface area contributed by atoms with Crippen molar-refractivity contribution in [1.29, 1.82) is 0 Å². The third-order valence-corrected chi connectivity index (χ3v) is 3.66. The number of hydrogen-bond acceptors (Lipinski definition) is 5. The number of likely N-dealkylation sites (N-methyl/N-ethyl adjacent to an activating group) is 1. The SMILES string of the molecule is C=C(C)CN(CC)C(=O)COC(=O)c1ccccc1NC(=O)c1ccco1. The van der Waals surface area contributed by atoms with Gasteiger partial charge in [0.15, 0.2) is 12.4 Å². The summed E-state index contributed by atoms with van der Waals surface area (Å²) >= 11 is 0. The molecule has 1 aromatic carbocycles. The quantitative estimate of drug-likeness (QED) is 0.570. The van der Waals surface area contributed by atoms with Crippen LogP contribution in [0.3, 0.4) is 0 Å². The van der Waals surface area contributed by atoms with Crippen molar-refractivity contribution in [1.82, 2.24) is 4.90 Å². The molecule has 0 radical (unpaired) electrons. The van der Waals surface area contributed by atoms with Crippen LogP contribution in [0, 0.1) is 0 Å². The van der Waals surface area contributed by atoms with Crippen molar-refractivity contribution in [2.45, 2.75) is 13.8 Å². The van der Waals surface area contributed by atoms with E-state index in [0.717, 1.165) is 5.57 Å². The van der Waals surface area contributed by atoms with Crippen molar-refractivity contribution in [3.05, 3.63) is 66.1 Å². The normalized spacial score (nSPS) is 10.1. The van der Waals surface area contributed by atoms with Gasteiger partial charge < -0.3 is 19.4 Å². The molecule has 0 atom stereocenters. The Hall–Kier alpha value is -3.35. The molecular formula is C20H22N2O5. The number of furan rings is 1. The highest BCUT2D eigenvalue weighted by molar-refractivity contribution is 6.06. The molecule has 0 aliphatic carbocycles. The van der Waals surface area contributed by atoms with Crippen molar-refractivity contribution in [2.24, 2.45) is 0 Å². The minimum atomic E-state index is -0.704. The number of hydrogen-bond donors (Lipinski definition) is 1. The fourth-order valence-corrected chi connectivity index (χ4v) is 2.36. The summed E-state index contributed by atoms with van der Waals surface area (Å²) in [6.45, 7) is 7.94. The number of benzene rings is 1. The molecule has 7 nitrogen and oxygen atoms in total. The van der Waals surface area contributed by atoms with Crippen LogP contribution < -0.4 is 5.32 Å². The molecule has 0 bridgehead atoms. The van der Waals surface area contributed by atoms with E-state index in [1.807, 2.05) is 13.8 Å². The fourth-order valence-electron chi connectivity index (χ4n) is 2.36. The van der Waals surface area contributed by atoms with E-state index in [-0.39, 0.29) is 29.5 Å². The molecule has 142 valence electrons. The minimum absolute atomic E-state index is 0.117. The number of nitrogens with one attached hydrogen (secondary N) is 1. The number of ether oxygens (including phenoxy) is 1. The summed E-state index contributed by atoms with van der Waals surface area (Å²) in [5.41, 5.74) is 1.25. The van der Waals surface area contributed by atoms with Gasteiger partial charge in [-0.2, -0.15) is 0 Å². The van der Waals surface area contributed by atoms with Gasteiger partial charge in [-0.05, 0) is 38.1 Å². The molecule has 0 unspecified atom stereocenters. The molecular weight excluding hydrogens is 348 g/mol. The van der Waals surface area contributed by atoms with Gasteiger partial charge in [-0.15, -0.1) is 0 Å². The molecule has 2 aromatic rings. The van der Waals surface area contributed by atoms with Crippen LogP contribution in [0.4, 0.5) is 5.69 Å². The predicted octanol–water partition coefficient (Wildman–Crippen LogP) is 3.11. The van der Waals surface area contributed by atoms with Crippen LogP contribution in [-0.2, 0) is 9.53 Å². The zero-order valence-corrected chi connectivity index (χ0v) is 15.4. The summed E-state index contributed by atoms with van der Waals surface area (Å²) in [6.07, 6.45) is 1.38. The Balaban J connectivity index is 2.03. The first-order chi connectivity index (χ1) is 12.9. The summed E-state index contributed by atoms with van der Waals surface area (Å²) < 4.78 is 10.2. The lowest BCUT2D eigenvalue weighted by molar-refractivity contribution is -0.133. The van der Waals surface area contributed by atoms with Crippen LogP contribution in [0.1, 0.15) is 34.8 Å². The fraction of sp³-hybridized carbons (Fsp3) is 0.250. The maximum atomic E-state index is 12.4. The van der Waals surface area contributed by atoms with E-state index >= 15 is 0 Å². The molecule has 0 aliphatic rings. The molecule has 2 rings (SSSR count). The lowest BCUT2D eigenvalue weighted by atomic mass is 10.1. The minimum Gasteiger partial charge on any atom is -0.459 e. The molecule has 2 amide bonds. The highest BCUT2D eigenvalue weighted by atomic mass is 16.5. The van der Waals surface area contributed by atoms with Crippen LogP contribution >= 0.6 is 0 Å². The molecule has 0 aliphatic heterocycles. The number of amides is 2. The molecule has 1 aromatic heterocycles. The summed E-state index contributed by atoms with van der Waals surface area (Å²) in [7, 11) is 0. The molecule has 1 N–H and O–H groups in total. The Bertz CT molecular complexity index is 827. The van der Waals surface area contributed by atoms with Crippen LogP contribution in [0.15, 0.2) is 59.2 Å². The van der Waals surface area contributed by atoms with E-state index in [4.69, 9.17) is 9.15 Å². The Kier molecular flexibility index (Phi) is 6.93. The van der Waals surface area contributed by atoms with Crippen LogP contribution in [0.5, 0.6) is 0 Å². The van der Waals surface area contributed by atoms with Crippen molar-refractivity contribution >= 4 is 23.5 Å². The molecule has 1 heterocycles. The van der Waals surface area contributed by atoms with E-state index in [1.54, 1.807) is 29.2 Å². The van der Waals surface area contributed by atoms with Gasteiger partial charge in [-0.1, -0.05) is 24.3 Å². The van der Waals surface area contributed by atoms with Crippen molar-refractivity contribution in [3.63, 3.8) is 0 Å². The van der Waals surface area contributed by atoms with E-state index < -0.39 is 11.9 Å². The number of para-hydroxylation sites is 1. The third kappa shape index (κ3) is 5.57. The Morgan fingerprint density at radius 3 is 2.56 bits per heavy atom. The topological polar surface area (TPSA) is 88.9 Å². The first-order valence-corrected chi connectivity index (χ1v) is 8.45. The van der Waals surface area contributed by atoms with Crippen LogP contribution in [0.2, 0.25) is 0 Å². The zero-order valence-electron chi connectivity index (χ0n) is 15.4. The van der Waals surface area contributed by atoms with E-state index in [9.17, 15) is 14.4 Å². The average Bonchev–Trinajstić information content (AvgIpc) is 3.19.